The maximum atomic E-state index is 12.4. The molecule has 12 heteroatoms. The molecule has 0 saturated carbocycles. The minimum atomic E-state index is -4.42. The third-order valence-corrected chi connectivity index (χ3v) is 6.59. The van der Waals surface area contributed by atoms with Gasteiger partial charge in [-0.25, -0.2) is 0 Å². The Labute approximate surface area is 162 Å². The van der Waals surface area contributed by atoms with Crippen molar-refractivity contribution >= 4 is 73.6 Å². The standard InChI is InChI=1S/C13H8Cl4N2O5S/c1-13(17)11(16)10(8(14)9(15)12(13)20)18-25(23,24)7-4-2-3-6(5-7)19(21)22/h2-5,11H,1H3/b18-10-. The highest BCUT2D eigenvalue weighted by atomic mass is 35.5. The number of nitrogens with zero attached hydrogens (tertiary/aromatic N) is 2. The van der Waals surface area contributed by atoms with Gasteiger partial charge in [0.15, 0.2) is 5.78 Å². The zero-order chi connectivity index (χ0) is 19.2. The fourth-order valence-electron chi connectivity index (χ4n) is 1.94. The smallest absolute Gasteiger partial charge is 0.282 e. The fourth-order valence-corrected chi connectivity index (χ4v) is 4.21. The zero-order valence-electron chi connectivity index (χ0n) is 12.2. The number of halogens is 4. The molecule has 1 aliphatic carbocycles. The Morgan fingerprint density at radius 2 is 1.88 bits per heavy atom. The number of hydrogen-bond donors (Lipinski definition) is 0. The molecule has 0 fully saturated rings. The number of alkyl halides is 2. The van der Waals surface area contributed by atoms with Crippen molar-refractivity contribution in [2.75, 3.05) is 0 Å². The Morgan fingerprint density at radius 1 is 1.28 bits per heavy atom. The summed E-state index contributed by atoms with van der Waals surface area (Å²) in [6.07, 6.45) is 0. The Kier molecular flexibility index (Phi) is 5.51. The van der Waals surface area contributed by atoms with E-state index in [-0.39, 0.29) is 0 Å². The Hall–Kier alpha value is -1.19. The largest absolute Gasteiger partial charge is 0.291 e. The number of carbonyl (C=O) groups excluding carboxylic acids is 1. The number of Topliss-reactive ketones (excluding diaryl/α,β-unsaturated/α-hetero) is 1. The molecule has 0 aromatic heterocycles. The topological polar surface area (TPSA) is 107 Å². The van der Waals surface area contributed by atoms with Crippen LogP contribution in [-0.4, -0.2) is 35.1 Å². The van der Waals surface area contributed by atoms with Crippen LogP contribution in [0.15, 0.2) is 43.6 Å². The van der Waals surface area contributed by atoms with Gasteiger partial charge in [0.2, 0.25) is 0 Å². The average molecular weight is 446 g/mol. The number of carbonyl (C=O) groups is 1. The van der Waals surface area contributed by atoms with Crippen molar-refractivity contribution in [3.8, 4) is 0 Å². The van der Waals surface area contributed by atoms with Crippen LogP contribution < -0.4 is 0 Å². The van der Waals surface area contributed by atoms with E-state index in [2.05, 4.69) is 4.40 Å². The molecule has 1 aromatic rings. The van der Waals surface area contributed by atoms with E-state index in [1.165, 1.54) is 13.0 Å². The zero-order valence-corrected chi connectivity index (χ0v) is 16.1. The van der Waals surface area contributed by atoms with Gasteiger partial charge in [0.05, 0.1) is 20.6 Å². The van der Waals surface area contributed by atoms with Crippen LogP contribution in [0, 0.1) is 10.1 Å². The van der Waals surface area contributed by atoms with Gasteiger partial charge in [-0.3, -0.25) is 14.9 Å². The molecular formula is C13H8Cl4N2O5S. The number of benzene rings is 1. The molecule has 2 rings (SSSR count). The summed E-state index contributed by atoms with van der Waals surface area (Å²) in [6, 6.07) is 4.25. The predicted octanol–water partition coefficient (Wildman–Crippen LogP) is 3.60. The van der Waals surface area contributed by atoms with Crippen LogP contribution >= 0.6 is 46.4 Å². The number of ketones is 1. The summed E-state index contributed by atoms with van der Waals surface area (Å²) in [4.78, 5) is 19.8. The lowest BCUT2D eigenvalue weighted by Crippen LogP contribution is -2.47. The number of hydrogen-bond acceptors (Lipinski definition) is 5. The molecule has 25 heavy (non-hydrogen) atoms. The first-order valence-electron chi connectivity index (χ1n) is 6.42. The molecule has 0 aliphatic heterocycles. The van der Waals surface area contributed by atoms with E-state index in [1.807, 2.05) is 0 Å². The number of sulfonamides is 1. The molecule has 0 radical (unpaired) electrons. The average Bonchev–Trinajstić information content (AvgIpc) is 2.56. The first-order chi connectivity index (χ1) is 11.4. The van der Waals surface area contributed by atoms with Crippen molar-refractivity contribution in [2.24, 2.45) is 4.40 Å². The van der Waals surface area contributed by atoms with Crippen LogP contribution in [0.1, 0.15) is 6.92 Å². The summed E-state index contributed by atoms with van der Waals surface area (Å²) in [5, 5.41) is 8.47. The summed E-state index contributed by atoms with van der Waals surface area (Å²) < 4.78 is 28.4. The second-order valence-electron chi connectivity index (χ2n) is 5.10. The van der Waals surface area contributed by atoms with Gasteiger partial charge in [0.1, 0.15) is 15.3 Å². The van der Waals surface area contributed by atoms with Gasteiger partial charge in [-0.15, -0.1) is 23.2 Å². The number of nitro groups is 1. The minimum Gasteiger partial charge on any atom is -0.291 e. The van der Waals surface area contributed by atoms with Crippen LogP contribution in [0.25, 0.3) is 0 Å². The Balaban J connectivity index is 2.63. The van der Waals surface area contributed by atoms with Crippen LogP contribution in [-0.2, 0) is 14.8 Å². The second kappa shape index (κ2) is 6.85. The highest BCUT2D eigenvalue weighted by Crippen LogP contribution is 2.40. The van der Waals surface area contributed by atoms with Gasteiger partial charge in [0, 0.05) is 12.1 Å². The van der Waals surface area contributed by atoms with Crippen molar-refractivity contribution in [2.45, 2.75) is 22.1 Å². The maximum absolute atomic E-state index is 12.4. The van der Waals surface area contributed by atoms with Crippen molar-refractivity contribution in [3.63, 3.8) is 0 Å². The van der Waals surface area contributed by atoms with Gasteiger partial charge < -0.3 is 0 Å². The highest BCUT2D eigenvalue weighted by molar-refractivity contribution is 7.90. The molecule has 7 nitrogen and oxygen atoms in total. The van der Waals surface area contributed by atoms with Crippen LogP contribution in [0.4, 0.5) is 5.69 Å². The van der Waals surface area contributed by atoms with E-state index < -0.39 is 57.3 Å². The number of non-ortho nitro benzene ring substituents is 1. The monoisotopic (exact) mass is 444 g/mol. The quantitative estimate of drug-likeness (QED) is 0.401. The molecule has 0 amide bonds. The minimum absolute atomic E-state index is 0.420. The summed E-state index contributed by atoms with van der Waals surface area (Å²) in [5.41, 5.74) is -0.860. The van der Waals surface area contributed by atoms with Crippen LogP contribution in [0.5, 0.6) is 0 Å². The molecule has 0 spiro atoms. The SMILES string of the molecule is CC1(Cl)C(=O)C(Cl)=C(Cl)/C(=N/S(=O)(=O)c2cccc([N+](=O)[O-])c2)C1Cl. The lowest BCUT2D eigenvalue weighted by atomic mass is 9.91. The van der Waals surface area contributed by atoms with E-state index in [9.17, 15) is 23.3 Å². The predicted molar refractivity (Wildman–Crippen MR) is 95.4 cm³/mol. The molecule has 134 valence electrons. The van der Waals surface area contributed by atoms with E-state index in [0.717, 1.165) is 18.2 Å². The molecule has 0 N–H and O–H groups in total. The molecular weight excluding hydrogens is 438 g/mol. The van der Waals surface area contributed by atoms with Gasteiger partial charge in [0.25, 0.3) is 15.7 Å². The van der Waals surface area contributed by atoms with Crippen molar-refractivity contribution in [1.82, 2.24) is 0 Å². The van der Waals surface area contributed by atoms with Crippen molar-refractivity contribution in [1.29, 1.82) is 0 Å². The molecule has 0 saturated heterocycles. The van der Waals surface area contributed by atoms with E-state index >= 15 is 0 Å². The summed E-state index contributed by atoms with van der Waals surface area (Å²) in [7, 11) is -4.42. The molecule has 2 atom stereocenters. The Bertz CT molecular complexity index is 939. The first kappa shape index (κ1) is 20.1. The van der Waals surface area contributed by atoms with Gasteiger partial charge in [-0.1, -0.05) is 29.3 Å². The van der Waals surface area contributed by atoms with Gasteiger partial charge in [-0.2, -0.15) is 12.8 Å². The lowest BCUT2D eigenvalue weighted by molar-refractivity contribution is -0.385. The first-order valence-corrected chi connectivity index (χ1v) is 9.43. The molecule has 1 aliphatic rings. The normalized spacial score (nSPS) is 26.2. The van der Waals surface area contributed by atoms with E-state index in [0.29, 0.717) is 0 Å². The molecule has 1 aromatic carbocycles. The number of rotatable bonds is 3. The lowest BCUT2D eigenvalue weighted by Gasteiger charge is -2.31. The molecule has 0 bridgehead atoms. The molecule has 0 heterocycles. The van der Waals surface area contributed by atoms with Gasteiger partial charge >= 0.3 is 0 Å². The van der Waals surface area contributed by atoms with Crippen molar-refractivity contribution < 1.29 is 18.1 Å². The second-order valence-corrected chi connectivity index (χ2v) is 8.68. The Morgan fingerprint density at radius 3 is 2.44 bits per heavy atom. The highest BCUT2D eigenvalue weighted by Gasteiger charge is 2.49. The summed E-state index contributed by atoms with van der Waals surface area (Å²) in [5.74, 6) is -0.771. The van der Waals surface area contributed by atoms with Crippen LogP contribution in [0.3, 0.4) is 0 Å². The number of allylic oxidation sites excluding steroid dienone is 2. The van der Waals surface area contributed by atoms with Crippen LogP contribution in [0.2, 0.25) is 0 Å². The fraction of sp³-hybridized carbons (Fsp3) is 0.231. The third kappa shape index (κ3) is 3.68. The van der Waals surface area contributed by atoms with Crippen molar-refractivity contribution in [3.05, 3.63) is 44.4 Å². The van der Waals surface area contributed by atoms with E-state index in [1.54, 1.807) is 0 Å². The third-order valence-electron chi connectivity index (χ3n) is 3.32. The maximum Gasteiger partial charge on any atom is 0.282 e. The summed E-state index contributed by atoms with van der Waals surface area (Å²) in [6.45, 7) is 1.25. The van der Waals surface area contributed by atoms with E-state index in [4.69, 9.17) is 46.4 Å². The number of nitro benzene ring substituents is 1. The van der Waals surface area contributed by atoms with Gasteiger partial charge in [-0.05, 0) is 13.0 Å². The molecule has 2 unspecified atom stereocenters. The summed E-state index contributed by atoms with van der Waals surface area (Å²) >= 11 is 23.8.